The van der Waals surface area contributed by atoms with E-state index in [4.69, 9.17) is 14.2 Å². The Morgan fingerprint density at radius 1 is 0.338 bits per heavy atom. The smallest absolute Gasteiger partial charge is 0.315 e. The van der Waals surface area contributed by atoms with Crippen molar-refractivity contribution >= 4 is 30.2 Å². The Morgan fingerprint density at radius 3 is 1.03 bits per heavy atom. The van der Waals surface area contributed by atoms with Crippen molar-refractivity contribution in [3.63, 3.8) is 0 Å². The lowest BCUT2D eigenvalue weighted by atomic mass is 9.86. The molecule has 5 aromatic heterocycles. The fraction of sp³-hybridized carbons (Fsp3) is 0.541. The van der Waals surface area contributed by atoms with E-state index in [1.54, 1.807) is 12.1 Å². The van der Waals surface area contributed by atoms with E-state index in [9.17, 15) is 28.4 Å². The van der Waals surface area contributed by atoms with E-state index in [0.717, 1.165) is 235 Å². The number of benzene rings is 5. The molecule has 17 rings (SSSR count). The lowest BCUT2D eigenvalue weighted by molar-refractivity contribution is 0.0419. The molecule has 0 radical (unpaired) electrons. The molecule has 3 aliphatic carbocycles. The van der Waals surface area contributed by atoms with Gasteiger partial charge in [-0.2, -0.15) is 0 Å². The third-order valence-corrected chi connectivity index (χ3v) is 25.4. The summed E-state index contributed by atoms with van der Waals surface area (Å²) in [5, 5.41) is 73.3. The number of aromatic nitrogens is 15. The summed E-state index contributed by atoms with van der Waals surface area (Å²) in [5.41, 5.74) is 5.17. The number of nitrogens with one attached hydrogen (secondary N) is 10. The molecule has 4 atom stereocenters. The molecule has 10 N–H and O–H groups in total. The molecule has 10 amide bonds. The number of halogens is 1. The number of aryl methyl sites for hydroxylation is 5. The highest BCUT2D eigenvalue weighted by atomic mass is 19.1. The van der Waals surface area contributed by atoms with Crippen molar-refractivity contribution in [3.05, 3.63) is 192 Å². The number of amides is 10. The Balaban J connectivity index is 0.000000141. The maximum Gasteiger partial charge on any atom is 0.315 e. The second kappa shape index (κ2) is 51.8. The number of ether oxygens (including phenoxy) is 3. The molecule has 0 spiro atoms. The highest BCUT2D eigenvalue weighted by Gasteiger charge is 2.33. The molecule has 133 heavy (non-hydrogen) atoms. The first kappa shape index (κ1) is 98.4. The molecular weight excluding hydrogens is 1690 g/mol. The van der Waals surface area contributed by atoms with Crippen LogP contribution in [0.2, 0.25) is 0 Å². The summed E-state index contributed by atoms with van der Waals surface area (Å²) in [6, 6.07) is 47.6. The fourth-order valence-corrected chi connectivity index (χ4v) is 17.0. The molecule has 3 saturated carbocycles. The van der Waals surface area contributed by atoms with Gasteiger partial charge >= 0.3 is 30.2 Å². The van der Waals surface area contributed by atoms with Gasteiger partial charge in [-0.25, -0.2) is 28.4 Å². The second-order valence-electron chi connectivity index (χ2n) is 35.8. The van der Waals surface area contributed by atoms with Gasteiger partial charge in [-0.15, -0.1) is 51.0 Å². The zero-order valence-electron chi connectivity index (χ0n) is 78.2. The van der Waals surface area contributed by atoms with E-state index >= 15 is 0 Å². The maximum absolute atomic E-state index is 13.3. The van der Waals surface area contributed by atoms with Crippen LogP contribution in [0, 0.1) is 17.7 Å². The number of para-hydroxylation sites is 1. The fourth-order valence-electron chi connectivity index (χ4n) is 17.0. The van der Waals surface area contributed by atoms with Gasteiger partial charge in [0.25, 0.3) is 0 Å². The predicted molar refractivity (Wildman–Crippen MR) is 508 cm³/mol. The normalized spacial score (nSPS) is 18.1. The van der Waals surface area contributed by atoms with Crippen LogP contribution in [0.3, 0.4) is 0 Å². The van der Waals surface area contributed by atoms with Crippen LogP contribution in [-0.2, 0) is 67.5 Å². The van der Waals surface area contributed by atoms with Crippen LogP contribution in [0.15, 0.2) is 146 Å². The maximum atomic E-state index is 13.3. The first-order chi connectivity index (χ1) is 64.9. The molecule has 4 aliphatic heterocycles. The van der Waals surface area contributed by atoms with E-state index < -0.39 is 0 Å². The van der Waals surface area contributed by atoms with E-state index in [1.165, 1.54) is 44.2 Å². The predicted octanol–water partition coefficient (Wildman–Crippen LogP) is 12.5. The van der Waals surface area contributed by atoms with Crippen LogP contribution in [0.4, 0.5) is 28.4 Å². The number of nitrogens with zero attached hydrogens (tertiary/aromatic N) is 16. The van der Waals surface area contributed by atoms with Gasteiger partial charge < -0.3 is 86.0 Å². The van der Waals surface area contributed by atoms with Crippen LogP contribution in [0.1, 0.15) is 195 Å². The van der Waals surface area contributed by atoms with E-state index in [-0.39, 0.29) is 54.1 Å². The van der Waals surface area contributed by atoms with Gasteiger partial charge in [0.1, 0.15) is 46.6 Å². The topological polar surface area (TPSA) is 390 Å². The SMILES string of the molecule is CC1CCCCC1NC(=O)NCCCc1nnc(-c2ccccc2)n1C.CC1COCCC1NC(=O)NCCCc1nnc(-c2ccccc2)n1C.CN1CCC(NC(=O)NCCCc2nnc(C3CC3)n2-c2ccccc2)CC1.Cn1c(CCCNC(=O)NC2CCOCC2)nnc1-c1ccccc1.O=C(NCCCc1nnc(C2CC2)n1-c1ccc(F)cc1)NC1CCOCC1. The number of carbonyl (C=O) groups is 5. The molecule has 7 fully saturated rings. The average molecular weight is 1830 g/mol. The number of piperidine rings is 1. The molecule has 10 aromatic rings. The van der Waals surface area contributed by atoms with Crippen LogP contribution in [-0.4, -0.2) is 232 Å². The summed E-state index contributed by atoms with van der Waals surface area (Å²) in [5.74, 6) is 10.9. The number of urea groups is 5. The zero-order valence-corrected chi connectivity index (χ0v) is 78.2. The van der Waals surface area contributed by atoms with Gasteiger partial charge in [0, 0.05) is 189 Å². The van der Waals surface area contributed by atoms with Crippen molar-refractivity contribution in [1.82, 2.24) is 132 Å². The average Bonchev–Trinajstić information content (AvgIpc) is 1.64. The largest absolute Gasteiger partial charge is 0.381 e. The van der Waals surface area contributed by atoms with Crippen LogP contribution in [0.25, 0.3) is 45.5 Å². The van der Waals surface area contributed by atoms with Crippen LogP contribution in [0.5, 0.6) is 0 Å². The molecule has 5 aromatic carbocycles. The van der Waals surface area contributed by atoms with Crippen molar-refractivity contribution in [3.8, 4) is 45.5 Å². The van der Waals surface area contributed by atoms with Gasteiger partial charge in [-0.05, 0) is 184 Å². The van der Waals surface area contributed by atoms with Crippen molar-refractivity contribution < 1.29 is 42.6 Å². The van der Waals surface area contributed by atoms with E-state index in [2.05, 4.69) is 147 Å². The van der Waals surface area contributed by atoms with E-state index in [0.29, 0.717) is 101 Å². The molecular formula is C98H137FN26O8. The lowest BCUT2D eigenvalue weighted by Gasteiger charge is -2.29. The summed E-state index contributed by atoms with van der Waals surface area (Å²) in [6.07, 6.45) is 23.7. The Hall–Kier alpha value is -12.1. The first-order valence-corrected chi connectivity index (χ1v) is 48.1. The van der Waals surface area contributed by atoms with Gasteiger partial charge in [-0.3, -0.25) is 9.13 Å². The van der Waals surface area contributed by atoms with Crippen molar-refractivity contribution in [2.24, 2.45) is 33.0 Å². The molecule has 714 valence electrons. The quantitative estimate of drug-likeness (QED) is 0.0175. The number of carbonyl (C=O) groups excluding carboxylic acids is 5. The molecule has 0 bridgehead atoms. The van der Waals surface area contributed by atoms with Crippen molar-refractivity contribution in [2.75, 3.05) is 92.5 Å². The van der Waals surface area contributed by atoms with E-state index in [1.807, 2.05) is 149 Å². The van der Waals surface area contributed by atoms with Gasteiger partial charge in [0.2, 0.25) is 0 Å². The molecule has 4 unspecified atom stereocenters. The summed E-state index contributed by atoms with van der Waals surface area (Å²) >= 11 is 0. The molecule has 9 heterocycles. The van der Waals surface area contributed by atoms with Crippen molar-refractivity contribution in [2.45, 2.75) is 216 Å². The van der Waals surface area contributed by atoms with Crippen molar-refractivity contribution in [1.29, 1.82) is 0 Å². The zero-order chi connectivity index (χ0) is 92.9. The third kappa shape index (κ3) is 31.0. The number of likely N-dealkylation sites (tertiary alicyclic amines) is 1. The Kier molecular flexibility index (Phi) is 38.3. The monoisotopic (exact) mass is 1830 g/mol. The third-order valence-electron chi connectivity index (χ3n) is 25.4. The van der Waals surface area contributed by atoms with Crippen LogP contribution >= 0.6 is 0 Å². The number of rotatable bonds is 32. The standard InChI is InChI=1S/C21H30N6O.C20H26FN5O2.C20H29N5O.C19H27N5O2.C18H25N5O2/c1-26-14-11-17(12-15-26)23-21(28)22-13-5-8-19-24-25-20(16-9-10-16)27(19)18-6-3-2-4-7-18;21-15-5-7-17(8-6-15)26-18(24-25-19(26)14-3-4-14)2-1-11-22-20(27)23-16-9-12-28-13-10-16;1-15-9-6-7-12-17(15)22-20(26)21-14-8-13-18-23-24-19(25(18)2)16-10-4-3-5-11-16;1-14-13-26-12-10-16(14)21-19(25)20-11-6-9-17-22-23-18(24(17)2)15-7-4-3-5-8-15;1-23-16(21-22-17(23)14-6-3-2-4-7-14)8-5-11-19-18(24)20-15-9-12-25-13-10-15/h2-4,6-7,16-17H,5,8-15H2,1H3,(H2,22,23,28);5-8,14,16H,1-4,9-13H2,(H2,22,23,27);3-5,10-11,15,17H,6-9,12-14H2,1-2H3,(H2,21,22,26);3-5,7-8,14,16H,6,9-13H2,1-2H3,(H2,20,21,25);2-4,6-7,15H,5,8-13H2,1H3,(H2,19,20,24). The highest BCUT2D eigenvalue weighted by Crippen LogP contribution is 2.41. The summed E-state index contributed by atoms with van der Waals surface area (Å²) in [4.78, 5) is 62.4. The Labute approximate surface area is 780 Å². The molecule has 7 aliphatic rings. The molecule has 4 saturated heterocycles. The molecule has 35 heteroatoms. The minimum Gasteiger partial charge on any atom is -0.381 e. The summed E-state index contributed by atoms with van der Waals surface area (Å²) in [7, 11) is 8.06. The van der Waals surface area contributed by atoms with Gasteiger partial charge in [0.15, 0.2) is 17.5 Å². The molecule has 34 nitrogen and oxygen atoms in total. The minimum absolute atomic E-state index is 0.0494. The lowest BCUT2D eigenvalue weighted by Crippen LogP contribution is -2.48. The van der Waals surface area contributed by atoms with Crippen LogP contribution < -0.4 is 53.2 Å². The summed E-state index contributed by atoms with van der Waals surface area (Å²) < 4.78 is 39.6. The Bertz CT molecular complexity index is 5040. The summed E-state index contributed by atoms with van der Waals surface area (Å²) in [6.45, 7) is 13.7. The van der Waals surface area contributed by atoms with Gasteiger partial charge in [-0.1, -0.05) is 136 Å². The first-order valence-electron chi connectivity index (χ1n) is 48.1. The van der Waals surface area contributed by atoms with Gasteiger partial charge in [0.05, 0.1) is 6.61 Å². The number of hydrogen-bond donors (Lipinski definition) is 10. The Morgan fingerprint density at radius 2 is 0.662 bits per heavy atom. The number of hydrogen-bond acceptors (Lipinski definition) is 19. The minimum atomic E-state index is -0.258. The second-order valence-corrected chi connectivity index (χ2v) is 35.8. The highest BCUT2D eigenvalue weighted by molar-refractivity contribution is 5.76.